The molecule has 5 heteroatoms. The van der Waals surface area contributed by atoms with Crippen molar-refractivity contribution in [1.82, 2.24) is 9.97 Å². The first kappa shape index (κ1) is 14.1. The number of nitrogens with zero attached hydrogens (tertiary/aromatic N) is 2. The standard InChI is InChI=1S/C14H24N4O/c1-11-8-12(18-13(15-2)17-11)16-9-14(10-19)6-4-3-5-7-14/h8,19H,3-7,9-10H2,1-2H3,(H2,15,16,17,18). The number of aliphatic hydroxyl groups is 1. The lowest BCUT2D eigenvalue weighted by Gasteiger charge is -2.35. The van der Waals surface area contributed by atoms with E-state index in [1.54, 1.807) is 0 Å². The van der Waals surface area contributed by atoms with Gasteiger partial charge in [-0.1, -0.05) is 19.3 Å². The molecule has 1 aliphatic carbocycles. The predicted molar refractivity (Wildman–Crippen MR) is 77.4 cm³/mol. The van der Waals surface area contributed by atoms with E-state index < -0.39 is 0 Å². The van der Waals surface area contributed by atoms with Crippen molar-refractivity contribution in [3.63, 3.8) is 0 Å². The SMILES string of the molecule is CNc1nc(C)cc(NCC2(CO)CCCCC2)n1. The van der Waals surface area contributed by atoms with Crippen molar-refractivity contribution < 1.29 is 5.11 Å². The molecule has 0 spiro atoms. The van der Waals surface area contributed by atoms with E-state index in [0.29, 0.717) is 5.95 Å². The lowest BCUT2D eigenvalue weighted by atomic mass is 9.74. The number of nitrogens with one attached hydrogen (secondary N) is 2. The number of hydrogen-bond acceptors (Lipinski definition) is 5. The van der Waals surface area contributed by atoms with Crippen LogP contribution in [0.25, 0.3) is 0 Å². The molecular weight excluding hydrogens is 240 g/mol. The molecule has 5 nitrogen and oxygen atoms in total. The summed E-state index contributed by atoms with van der Waals surface area (Å²) in [6.45, 7) is 2.99. The van der Waals surface area contributed by atoms with Gasteiger partial charge in [0.15, 0.2) is 0 Å². The summed E-state index contributed by atoms with van der Waals surface area (Å²) in [6, 6.07) is 1.94. The Morgan fingerprint density at radius 1 is 1.26 bits per heavy atom. The van der Waals surface area contributed by atoms with Crippen LogP contribution >= 0.6 is 0 Å². The van der Waals surface area contributed by atoms with Crippen LogP contribution in [0.1, 0.15) is 37.8 Å². The molecule has 0 aliphatic heterocycles. The normalized spacial score (nSPS) is 18.1. The maximum Gasteiger partial charge on any atom is 0.224 e. The number of rotatable bonds is 5. The molecule has 0 radical (unpaired) electrons. The van der Waals surface area contributed by atoms with E-state index in [1.807, 2.05) is 20.0 Å². The molecule has 19 heavy (non-hydrogen) atoms. The molecule has 1 fully saturated rings. The Hall–Kier alpha value is -1.36. The van der Waals surface area contributed by atoms with Crippen LogP contribution in [0.15, 0.2) is 6.07 Å². The summed E-state index contributed by atoms with van der Waals surface area (Å²) >= 11 is 0. The van der Waals surface area contributed by atoms with Crippen molar-refractivity contribution in [3.8, 4) is 0 Å². The summed E-state index contributed by atoms with van der Waals surface area (Å²) in [5, 5.41) is 16.0. The summed E-state index contributed by atoms with van der Waals surface area (Å²) in [5.41, 5.74) is 0.959. The average molecular weight is 264 g/mol. The van der Waals surface area contributed by atoms with Crippen molar-refractivity contribution in [2.45, 2.75) is 39.0 Å². The van der Waals surface area contributed by atoms with Gasteiger partial charge in [-0.15, -0.1) is 0 Å². The molecule has 0 bridgehead atoms. The Bertz CT molecular complexity index is 416. The van der Waals surface area contributed by atoms with Crippen molar-refractivity contribution >= 4 is 11.8 Å². The molecule has 1 aliphatic rings. The van der Waals surface area contributed by atoms with E-state index >= 15 is 0 Å². The zero-order valence-corrected chi connectivity index (χ0v) is 11.9. The van der Waals surface area contributed by atoms with Gasteiger partial charge in [0.25, 0.3) is 0 Å². The van der Waals surface area contributed by atoms with E-state index in [1.165, 1.54) is 19.3 Å². The minimum Gasteiger partial charge on any atom is -0.396 e. The lowest BCUT2D eigenvalue weighted by molar-refractivity contribution is 0.0943. The molecule has 106 valence electrons. The van der Waals surface area contributed by atoms with E-state index in [9.17, 15) is 5.11 Å². The highest BCUT2D eigenvalue weighted by Crippen LogP contribution is 2.35. The number of hydrogen-bond donors (Lipinski definition) is 3. The van der Waals surface area contributed by atoms with Gasteiger partial charge in [0.1, 0.15) is 5.82 Å². The lowest BCUT2D eigenvalue weighted by Crippen LogP contribution is -2.35. The Morgan fingerprint density at radius 2 is 2.00 bits per heavy atom. The molecule has 1 aromatic heterocycles. The van der Waals surface area contributed by atoms with Crippen LogP contribution < -0.4 is 10.6 Å². The highest BCUT2D eigenvalue weighted by molar-refractivity contribution is 5.42. The molecule has 1 saturated carbocycles. The minimum absolute atomic E-state index is 0.0247. The van der Waals surface area contributed by atoms with Gasteiger partial charge < -0.3 is 15.7 Å². The molecule has 1 aromatic rings. The van der Waals surface area contributed by atoms with Gasteiger partial charge in [-0.05, 0) is 19.8 Å². The summed E-state index contributed by atoms with van der Waals surface area (Å²) in [6.07, 6.45) is 5.91. The third-order valence-electron chi connectivity index (χ3n) is 3.97. The monoisotopic (exact) mass is 264 g/mol. The molecule has 0 saturated heterocycles. The van der Waals surface area contributed by atoms with Crippen LogP contribution in [0.3, 0.4) is 0 Å². The van der Waals surface area contributed by atoms with E-state index in [-0.39, 0.29) is 12.0 Å². The van der Waals surface area contributed by atoms with E-state index in [0.717, 1.165) is 30.9 Å². The van der Waals surface area contributed by atoms with Gasteiger partial charge in [-0.3, -0.25) is 0 Å². The van der Waals surface area contributed by atoms with E-state index in [2.05, 4.69) is 20.6 Å². The first-order valence-electron chi connectivity index (χ1n) is 7.06. The topological polar surface area (TPSA) is 70.1 Å². The van der Waals surface area contributed by atoms with Gasteiger partial charge in [-0.25, -0.2) is 4.98 Å². The fraction of sp³-hybridized carbons (Fsp3) is 0.714. The summed E-state index contributed by atoms with van der Waals surface area (Å²) < 4.78 is 0. The number of anilines is 2. The van der Waals surface area contributed by atoms with Gasteiger partial charge >= 0.3 is 0 Å². The fourth-order valence-corrected chi connectivity index (χ4v) is 2.74. The minimum atomic E-state index is 0.0247. The van der Waals surface area contributed by atoms with Gasteiger partial charge in [-0.2, -0.15) is 4.98 Å². The molecule has 0 aromatic carbocycles. The second kappa shape index (κ2) is 6.19. The summed E-state index contributed by atoms with van der Waals surface area (Å²) in [4.78, 5) is 8.66. The quantitative estimate of drug-likeness (QED) is 0.760. The zero-order chi connectivity index (χ0) is 13.7. The Morgan fingerprint density at radius 3 is 2.63 bits per heavy atom. The van der Waals surface area contributed by atoms with Gasteiger partial charge in [0.05, 0.1) is 6.61 Å². The Labute approximate surface area is 114 Å². The first-order chi connectivity index (χ1) is 9.17. The maximum absolute atomic E-state index is 9.69. The van der Waals surface area contributed by atoms with Crippen molar-refractivity contribution in [1.29, 1.82) is 0 Å². The van der Waals surface area contributed by atoms with E-state index in [4.69, 9.17) is 0 Å². The van der Waals surface area contributed by atoms with Crippen LogP contribution in [0, 0.1) is 12.3 Å². The molecule has 3 N–H and O–H groups in total. The Kier molecular flexibility index (Phi) is 4.58. The first-order valence-corrected chi connectivity index (χ1v) is 7.06. The zero-order valence-electron chi connectivity index (χ0n) is 11.9. The highest BCUT2D eigenvalue weighted by Gasteiger charge is 2.31. The molecule has 0 unspecified atom stereocenters. The molecule has 1 heterocycles. The summed E-state index contributed by atoms with van der Waals surface area (Å²) in [5.74, 6) is 1.46. The number of aromatic nitrogens is 2. The smallest absolute Gasteiger partial charge is 0.224 e. The Balaban J connectivity index is 2.02. The van der Waals surface area contributed by atoms with Gasteiger partial charge in [0.2, 0.25) is 5.95 Å². The van der Waals surface area contributed by atoms with Crippen LogP contribution in [0.2, 0.25) is 0 Å². The maximum atomic E-state index is 9.69. The second-order valence-corrected chi connectivity index (χ2v) is 5.54. The highest BCUT2D eigenvalue weighted by atomic mass is 16.3. The van der Waals surface area contributed by atoms with Crippen LogP contribution in [-0.4, -0.2) is 35.3 Å². The molecule has 0 atom stereocenters. The van der Waals surface area contributed by atoms with Crippen molar-refractivity contribution in [2.24, 2.45) is 5.41 Å². The van der Waals surface area contributed by atoms with Crippen molar-refractivity contribution in [3.05, 3.63) is 11.8 Å². The predicted octanol–water partition coefficient (Wildman–Crippen LogP) is 2.18. The van der Waals surface area contributed by atoms with Gasteiger partial charge in [0, 0.05) is 30.8 Å². The third kappa shape index (κ3) is 3.56. The van der Waals surface area contributed by atoms with Crippen molar-refractivity contribution in [2.75, 3.05) is 30.8 Å². The van der Waals surface area contributed by atoms with Crippen LogP contribution in [0.5, 0.6) is 0 Å². The molecular formula is C14H24N4O. The third-order valence-corrected chi connectivity index (χ3v) is 3.97. The molecule has 2 rings (SSSR count). The summed E-state index contributed by atoms with van der Waals surface area (Å²) in [7, 11) is 1.81. The van der Waals surface area contributed by atoms with Crippen LogP contribution in [0.4, 0.5) is 11.8 Å². The molecule has 0 amide bonds. The average Bonchev–Trinajstić information content (AvgIpc) is 2.45. The van der Waals surface area contributed by atoms with Crippen LogP contribution in [-0.2, 0) is 0 Å². The largest absolute Gasteiger partial charge is 0.396 e. The number of aryl methyl sites for hydroxylation is 1. The second-order valence-electron chi connectivity index (χ2n) is 5.54. The fourth-order valence-electron chi connectivity index (χ4n) is 2.74. The number of aliphatic hydroxyl groups excluding tert-OH is 1.